The van der Waals surface area contributed by atoms with Crippen LogP contribution in [-0.2, 0) is 9.73 Å². The second-order valence-electron chi connectivity index (χ2n) is 3.00. The second-order valence-corrected chi connectivity index (χ2v) is 6.87. The fourth-order valence-electron chi connectivity index (χ4n) is 1.01. The van der Waals surface area contributed by atoms with Crippen LogP contribution in [0.2, 0.25) is 0 Å². The van der Waals surface area contributed by atoms with Gasteiger partial charge in [0.15, 0.2) is 0 Å². The number of rotatable bonds is 2. The van der Waals surface area contributed by atoms with Gasteiger partial charge in [-0.15, -0.1) is 0 Å². The summed E-state index contributed by atoms with van der Waals surface area (Å²) in [6.45, 7) is 3.86. The maximum Gasteiger partial charge on any atom is 0.0957 e. The molecule has 2 nitrogen and oxygen atoms in total. The van der Waals surface area contributed by atoms with Crippen LogP contribution < -0.4 is 0 Å². The van der Waals surface area contributed by atoms with E-state index in [2.05, 4.69) is 2.58 Å². The van der Waals surface area contributed by atoms with Crippen LogP contribution in [0.5, 0.6) is 0 Å². The zero-order valence-corrected chi connectivity index (χ0v) is 10.6. The monoisotopic (exact) mass is 309 g/mol. The van der Waals surface area contributed by atoms with Crippen molar-refractivity contribution in [1.82, 2.24) is 0 Å². The molecule has 1 atom stereocenters. The molecule has 0 aromatic heterocycles. The van der Waals surface area contributed by atoms with Crippen LogP contribution in [0.15, 0.2) is 37.8 Å². The Kier molecular flexibility index (Phi) is 3.73. The average Bonchev–Trinajstić information content (AvgIpc) is 2.17. The number of hydrogen-bond acceptors (Lipinski definition) is 2. The van der Waals surface area contributed by atoms with Crippen molar-refractivity contribution in [1.29, 1.82) is 0 Å². The second kappa shape index (κ2) is 4.41. The zero-order chi connectivity index (χ0) is 9.90. The van der Waals surface area contributed by atoms with E-state index in [1.807, 2.05) is 67.0 Å². The minimum absolute atomic E-state index is 0.0480. The molecule has 4 heteroatoms. The molecule has 1 aromatic carbocycles. The van der Waals surface area contributed by atoms with Crippen molar-refractivity contribution >= 4 is 32.6 Å². The van der Waals surface area contributed by atoms with Crippen molar-refractivity contribution < 1.29 is 4.21 Å². The highest BCUT2D eigenvalue weighted by molar-refractivity contribution is 14.1. The van der Waals surface area contributed by atoms with Crippen LogP contribution in [0.1, 0.15) is 13.8 Å². The lowest BCUT2D eigenvalue weighted by atomic mass is 10.4. The predicted molar refractivity (Wildman–Crippen MR) is 64.4 cm³/mol. The summed E-state index contributed by atoms with van der Waals surface area (Å²) >= 11 is 1.83. The molecule has 0 heterocycles. The molecule has 1 unspecified atom stereocenters. The largest absolute Gasteiger partial charge is 0.244 e. The van der Waals surface area contributed by atoms with Gasteiger partial charge >= 0.3 is 0 Å². The summed E-state index contributed by atoms with van der Waals surface area (Å²) in [7, 11) is -2.21. The fourth-order valence-corrected chi connectivity index (χ4v) is 4.38. The van der Waals surface area contributed by atoms with Crippen LogP contribution >= 0.6 is 22.9 Å². The summed E-state index contributed by atoms with van der Waals surface area (Å²) in [5.74, 6) is 0. The van der Waals surface area contributed by atoms with Gasteiger partial charge in [0.05, 0.1) is 32.6 Å². The Labute approximate surface area is 93.4 Å². The van der Waals surface area contributed by atoms with Crippen molar-refractivity contribution in [3.05, 3.63) is 30.3 Å². The summed E-state index contributed by atoms with van der Waals surface area (Å²) < 4.78 is 16.3. The molecule has 0 saturated carbocycles. The van der Waals surface area contributed by atoms with Gasteiger partial charge in [0.1, 0.15) is 0 Å². The van der Waals surface area contributed by atoms with Crippen molar-refractivity contribution in [2.75, 3.05) is 0 Å². The molecule has 1 rings (SSSR count). The fraction of sp³-hybridized carbons (Fsp3) is 0.333. The molecule has 0 spiro atoms. The molecule has 0 aliphatic carbocycles. The summed E-state index contributed by atoms with van der Waals surface area (Å²) in [5.41, 5.74) is 0. The van der Waals surface area contributed by atoms with E-state index in [9.17, 15) is 4.21 Å². The summed E-state index contributed by atoms with van der Waals surface area (Å²) in [6, 6.07) is 9.42. The molecule has 0 aliphatic heterocycles. The number of benzene rings is 1. The van der Waals surface area contributed by atoms with E-state index in [4.69, 9.17) is 0 Å². The number of hydrogen-bond donors (Lipinski definition) is 0. The third-order valence-corrected chi connectivity index (χ3v) is 6.01. The molecule has 0 saturated heterocycles. The van der Waals surface area contributed by atoms with Gasteiger partial charge in [0, 0.05) is 10.1 Å². The van der Waals surface area contributed by atoms with E-state index in [0.29, 0.717) is 0 Å². The molecular formula is C9H12INOS. The van der Waals surface area contributed by atoms with Gasteiger partial charge in [-0.1, -0.05) is 18.2 Å². The lowest BCUT2D eigenvalue weighted by molar-refractivity contribution is 0.671. The lowest BCUT2D eigenvalue weighted by Crippen LogP contribution is -2.12. The van der Waals surface area contributed by atoms with Gasteiger partial charge in [-0.2, -0.15) is 2.58 Å². The maximum atomic E-state index is 12.3. The third kappa shape index (κ3) is 2.22. The normalized spacial score (nSPS) is 15.4. The van der Waals surface area contributed by atoms with E-state index in [0.717, 1.165) is 4.90 Å². The first-order valence-corrected chi connectivity index (χ1v) is 6.57. The van der Waals surface area contributed by atoms with Crippen LogP contribution in [0, 0.1) is 0 Å². The highest BCUT2D eigenvalue weighted by Gasteiger charge is 2.15. The van der Waals surface area contributed by atoms with Crippen molar-refractivity contribution in [2.45, 2.75) is 24.0 Å². The van der Waals surface area contributed by atoms with Crippen LogP contribution in [0.3, 0.4) is 0 Å². The van der Waals surface area contributed by atoms with E-state index in [-0.39, 0.29) is 5.25 Å². The Balaban J connectivity index is 3.29. The molecule has 0 aliphatic rings. The van der Waals surface area contributed by atoms with E-state index in [1.54, 1.807) is 0 Å². The van der Waals surface area contributed by atoms with Gasteiger partial charge in [-0.3, -0.25) is 0 Å². The predicted octanol–water partition coefficient (Wildman–Crippen LogP) is 3.27. The highest BCUT2D eigenvalue weighted by Crippen LogP contribution is 2.20. The first-order chi connectivity index (χ1) is 6.11. The Morgan fingerprint density at radius 2 is 1.85 bits per heavy atom. The summed E-state index contributed by atoms with van der Waals surface area (Å²) in [6.07, 6.45) is 0. The summed E-state index contributed by atoms with van der Waals surface area (Å²) in [4.78, 5) is 0.819. The number of halogens is 1. The van der Waals surface area contributed by atoms with Crippen LogP contribution in [0.4, 0.5) is 0 Å². The summed E-state index contributed by atoms with van der Waals surface area (Å²) in [5, 5.41) is 0.0480. The minimum Gasteiger partial charge on any atom is -0.244 e. The first-order valence-electron chi connectivity index (χ1n) is 4.02. The van der Waals surface area contributed by atoms with Gasteiger partial charge in [-0.05, 0) is 26.0 Å². The first kappa shape index (κ1) is 11.0. The molecule has 72 valence electrons. The van der Waals surface area contributed by atoms with Crippen LogP contribution in [-0.4, -0.2) is 9.46 Å². The Morgan fingerprint density at radius 1 is 1.31 bits per heavy atom. The molecule has 0 bridgehead atoms. The molecule has 1 aromatic rings. The maximum absolute atomic E-state index is 12.3. The molecular weight excluding hydrogens is 297 g/mol. The van der Waals surface area contributed by atoms with Crippen molar-refractivity contribution in [2.24, 2.45) is 2.58 Å². The Morgan fingerprint density at radius 3 is 2.23 bits per heavy atom. The smallest absolute Gasteiger partial charge is 0.0957 e. The SMILES string of the molecule is CC(C)S(=O)(=NI)c1ccccc1. The highest BCUT2D eigenvalue weighted by atomic mass is 127. The van der Waals surface area contributed by atoms with Crippen molar-refractivity contribution in [3.63, 3.8) is 0 Å². The lowest BCUT2D eigenvalue weighted by Gasteiger charge is -2.11. The van der Waals surface area contributed by atoms with E-state index >= 15 is 0 Å². The van der Waals surface area contributed by atoms with Crippen molar-refractivity contribution in [3.8, 4) is 0 Å². The Hall–Kier alpha value is -0.100. The molecule has 0 radical (unpaired) electrons. The minimum atomic E-state index is -2.21. The molecule has 0 amide bonds. The van der Waals surface area contributed by atoms with Crippen LogP contribution in [0.25, 0.3) is 0 Å². The third-order valence-electron chi connectivity index (χ3n) is 1.82. The topological polar surface area (TPSA) is 29.4 Å². The zero-order valence-electron chi connectivity index (χ0n) is 7.61. The molecule has 0 N–H and O–H groups in total. The number of nitrogens with zero attached hydrogens (tertiary/aromatic N) is 1. The van der Waals surface area contributed by atoms with Gasteiger partial charge in [-0.25, -0.2) is 4.21 Å². The van der Waals surface area contributed by atoms with E-state index in [1.165, 1.54) is 0 Å². The average molecular weight is 309 g/mol. The van der Waals surface area contributed by atoms with Gasteiger partial charge < -0.3 is 0 Å². The van der Waals surface area contributed by atoms with Gasteiger partial charge in [0.25, 0.3) is 0 Å². The van der Waals surface area contributed by atoms with E-state index < -0.39 is 9.73 Å². The molecule has 13 heavy (non-hydrogen) atoms. The Bertz CT molecular complexity index is 380. The quantitative estimate of drug-likeness (QED) is 0.771. The van der Waals surface area contributed by atoms with Gasteiger partial charge in [0.2, 0.25) is 0 Å². The molecule has 0 fully saturated rings. The standard InChI is InChI=1S/C9H12INOS/c1-8(2)13(12,11-10)9-6-4-3-5-7-9/h3-8H,1-2H3.